The topological polar surface area (TPSA) is 69.6 Å². The summed E-state index contributed by atoms with van der Waals surface area (Å²) in [6.07, 6.45) is 0. The first-order valence-corrected chi connectivity index (χ1v) is 6.05. The third-order valence-corrected chi connectivity index (χ3v) is 3.51. The van der Waals surface area contributed by atoms with Gasteiger partial charge in [-0.15, -0.1) is 5.10 Å². The van der Waals surface area contributed by atoms with E-state index in [-0.39, 0.29) is 5.95 Å². The molecule has 7 heteroatoms. The second-order valence-electron chi connectivity index (χ2n) is 3.16. The number of nitrogen functional groups attached to an aromatic ring is 1. The summed E-state index contributed by atoms with van der Waals surface area (Å²) in [6, 6.07) is 7.88. The van der Waals surface area contributed by atoms with Crippen molar-refractivity contribution in [1.82, 2.24) is 19.1 Å². The van der Waals surface area contributed by atoms with Crippen molar-refractivity contribution < 1.29 is 0 Å². The monoisotopic (exact) mass is 295 g/mol. The van der Waals surface area contributed by atoms with Crippen LogP contribution in [0.3, 0.4) is 0 Å². The fraction of sp³-hybridized carbons (Fsp3) is 0. The molecule has 80 valence electrons. The van der Waals surface area contributed by atoms with Gasteiger partial charge in [0.1, 0.15) is 5.00 Å². The lowest BCUT2D eigenvalue weighted by Gasteiger charge is -1.96. The van der Waals surface area contributed by atoms with Gasteiger partial charge in [-0.05, 0) is 39.6 Å². The maximum absolute atomic E-state index is 5.54. The summed E-state index contributed by atoms with van der Waals surface area (Å²) in [4.78, 5) is 4.00. The van der Waals surface area contributed by atoms with Gasteiger partial charge in [-0.3, -0.25) is 0 Å². The quantitative estimate of drug-likeness (QED) is 0.747. The number of nitrogens with zero attached hydrogens (tertiary/aromatic N) is 4. The van der Waals surface area contributed by atoms with Crippen LogP contribution in [-0.2, 0) is 0 Å². The SMILES string of the molecule is Nc1nc(Br)n(-c2snc3ccccc23)n1. The Bertz CT molecular complexity index is 659. The molecule has 0 saturated carbocycles. The Morgan fingerprint density at radius 2 is 2.12 bits per heavy atom. The average molecular weight is 296 g/mol. The van der Waals surface area contributed by atoms with Gasteiger partial charge in [-0.2, -0.15) is 14.0 Å². The first kappa shape index (κ1) is 9.73. The summed E-state index contributed by atoms with van der Waals surface area (Å²) in [5.74, 6) is 0.240. The summed E-state index contributed by atoms with van der Waals surface area (Å²) < 4.78 is 6.57. The zero-order valence-corrected chi connectivity index (χ0v) is 10.4. The molecule has 16 heavy (non-hydrogen) atoms. The summed E-state index contributed by atoms with van der Waals surface area (Å²) in [5, 5.41) is 6.06. The smallest absolute Gasteiger partial charge is 0.240 e. The van der Waals surface area contributed by atoms with Crippen LogP contribution in [0.25, 0.3) is 15.9 Å². The molecular formula is C9H6BrN5S. The van der Waals surface area contributed by atoms with Crippen LogP contribution in [-0.4, -0.2) is 19.1 Å². The molecule has 0 spiro atoms. The van der Waals surface area contributed by atoms with E-state index < -0.39 is 0 Å². The molecule has 0 saturated heterocycles. The molecule has 0 aliphatic rings. The average Bonchev–Trinajstić information content (AvgIpc) is 2.81. The Kier molecular flexibility index (Phi) is 2.15. The standard InChI is InChI=1S/C9H6BrN5S/c10-8-12-9(11)13-15(8)7-5-3-1-2-4-6(5)14-16-7/h1-4H,(H2,11,13). The van der Waals surface area contributed by atoms with Gasteiger partial charge >= 0.3 is 0 Å². The van der Waals surface area contributed by atoms with E-state index >= 15 is 0 Å². The van der Waals surface area contributed by atoms with E-state index in [2.05, 4.69) is 30.4 Å². The number of nitrogens with two attached hydrogens (primary N) is 1. The van der Waals surface area contributed by atoms with Crippen LogP contribution < -0.4 is 5.73 Å². The van der Waals surface area contributed by atoms with E-state index in [1.807, 2.05) is 24.3 Å². The minimum absolute atomic E-state index is 0.240. The summed E-state index contributed by atoms with van der Waals surface area (Å²) in [6.45, 7) is 0. The molecule has 0 amide bonds. The van der Waals surface area contributed by atoms with E-state index in [1.54, 1.807) is 4.68 Å². The van der Waals surface area contributed by atoms with Crippen molar-refractivity contribution >= 4 is 44.3 Å². The molecule has 0 aliphatic carbocycles. The van der Waals surface area contributed by atoms with Crippen molar-refractivity contribution in [3.63, 3.8) is 0 Å². The minimum atomic E-state index is 0.240. The highest BCUT2D eigenvalue weighted by molar-refractivity contribution is 9.10. The molecule has 0 aliphatic heterocycles. The fourth-order valence-electron chi connectivity index (χ4n) is 1.47. The zero-order valence-electron chi connectivity index (χ0n) is 7.96. The van der Waals surface area contributed by atoms with Crippen LogP contribution in [0.2, 0.25) is 0 Å². The fourth-order valence-corrected chi connectivity index (χ4v) is 2.84. The maximum atomic E-state index is 5.54. The number of halogens is 1. The Morgan fingerprint density at radius 1 is 1.31 bits per heavy atom. The Hall–Kier alpha value is -1.47. The third kappa shape index (κ3) is 1.40. The highest BCUT2D eigenvalue weighted by atomic mass is 79.9. The van der Waals surface area contributed by atoms with E-state index in [0.717, 1.165) is 15.9 Å². The summed E-state index contributed by atoms with van der Waals surface area (Å²) in [7, 11) is 0. The van der Waals surface area contributed by atoms with Crippen LogP contribution in [0, 0.1) is 0 Å². The van der Waals surface area contributed by atoms with Crippen LogP contribution >= 0.6 is 27.5 Å². The van der Waals surface area contributed by atoms with Crippen molar-refractivity contribution in [3.8, 4) is 5.00 Å². The molecule has 0 unspecified atom stereocenters. The lowest BCUT2D eigenvalue weighted by molar-refractivity contribution is 0.882. The van der Waals surface area contributed by atoms with Gasteiger partial charge in [0.15, 0.2) is 0 Å². The predicted molar refractivity (Wildman–Crippen MR) is 66.6 cm³/mol. The van der Waals surface area contributed by atoms with E-state index in [1.165, 1.54) is 11.5 Å². The van der Waals surface area contributed by atoms with E-state index in [4.69, 9.17) is 5.73 Å². The van der Waals surface area contributed by atoms with Crippen LogP contribution in [0.5, 0.6) is 0 Å². The Labute approximate surface area is 103 Å². The van der Waals surface area contributed by atoms with Crippen molar-refractivity contribution in [2.24, 2.45) is 0 Å². The molecule has 0 atom stereocenters. The molecule has 2 N–H and O–H groups in total. The number of aromatic nitrogens is 4. The van der Waals surface area contributed by atoms with E-state index in [0.29, 0.717) is 4.73 Å². The highest BCUT2D eigenvalue weighted by Gasteiger charge is 2.12. The molecule has 2 aromatic heterocycles. The first-order valence-electron chi connectivity index (χ1n) is 4.48. The summed E-state index contributed by atoms with van der Waals surface area (Å²) >= 11 is 4.68. The molecule has 0 fully saturated rings. The number of anilines is 1. The number of hydrogen-bond acceptors (Lipinski definition) is 5. The minimum Gasteiger partial charge on any atom is -0.366 e. The van der Waals surface area contributed by atoms with Crippen molar-refractivity contribution in [1.29, 1.82) is 0 Å². The van der Waals surface area contributed by atoms with E-state index in [9.17, 15) is 0 Å². The molecular weight excluding hydrogens is 290 g/mol. The molecule has 1 aromatic carbocycles. The molecule has 3 aromatic rings. The van der Waals surface area contributed by atoms with Crippen molar-refractivity contribution in [2.45, 2.75) is 0 Å². The molecule has 0 radical (unpaired) electrons. The van der Waals surface area contributed by atoms with Crippen LogP contribution in [0.1, 0.15) is 0 Å². The Balaban J connectivity index is 2.30. The molecule has 3 rings (SSSR count). The van der Waals surface area contributed by atoms with Crippen molar-refractivity contribution in [3.05, 3.63) is 29.0 Å². The number of hydrogen-bond donors (Lipinski definition) is 1. The van der Waals surface area contributed by atoms with Gasteiger partial charge in [-0.1, -0.05) is 12.1 Å². The first-order chi connectivity index (χ1) is 7.75. The van der Waals surface area contributed by atoms with Gasteiger partial charge in [0.25, 0.3) is 0 Å². The second-order valence-corrected chi connectivity index (χ2v) is 4.62. The lowest BCUT2D eigenvalue weighted by Crippen LogP contribution is -1.95. The van der Waals surface area contributed by atoms with Gasteiger partial charge in [0.2, 0.25) is 10.7 Å². The normalized spacial score (nSPS) is 11.1. The highest BCUT2D eigenvalue weighted by Crippen LogP contribution is 2.27. The molecule has 0 bridgehead atoms. The number of fused-ring (bicyclic) bond motifs is 1. The van der Waals surface area contributed by atoms with Crippen molar-refractivity contribution in [2.75, 3.05) is 5.73 Å². The predicted octanol–water partition coefficient (Wildman–Crippen LogP) is 2.22. The van der Waals surface area contributed by atoms with Gasteiger partial charge < -0.3 is 5.73 Å². The van der Waals surface area contributed by atoms with Gasteiger partial charge in [-0.25, -0.2) is 0 Å². The lowest BCUT2D eigenvalue weighted by atomic mass is 10.2. The summed E-state index contributed by atoms with van der Waals surface area (Å²) in [5.41, 5.74) is 6.49. The van der Waals surface area contributed by atoms with Crippen LogP contribution in [0.4, 0.5) is 5.95 Å². The largest absolute Gasteiger partial charge is 0.366 e. The number of rotatable bonds is 1. The maximum Gasteiger partial charge on any atom is 0.240 e. The zero-order chi connectivity index (χ0) is 11.1. The van der Waals surface area contributed by atoms with Crippen LogP contribution in [0.15, 0.2) is 29.0 Å². The second kappa shape index (κ2) is 3.53. The van der Waals surface area contributed by atoms with Gasteiger partial charge in [0.05, 0.1) is 5.52 Å². The number of benzene rings is 1. The Morgan fingerprint density at radius 3 is 2.88 bits per heavy atom. The molecule has 2 heterocycles. The third-order valence-electron chi connectivity index (χ3n) is 2.14. The van der Waals surface area contributed by atoms with Gasteiger partial charge in [0, 0.05) is 5.39 Å². The molecule has 5 nitrogen and oxygen atoms in total.